The molecule has 0 spiro atoms. The van der Waals surface area contributed by atoms with Crippen molar-refractivity contribution in [3.8, 4) is 0 Å². The Morgan fingerprint density at radius 1 is 1.35 bits per heavy atom. The monoisotopic (exact) mass is 255 g/mol. The van der Waals surface area contributed by atoms with E-state index >= 15 is 0 Å². The Morgan fingerprint density at radius 2 is 2.12 bits per heavy atom. The first-order valence-electron chi connectivity index (χ1n) is 6.07. The Bertz CT molecular complexity index is 367. The minimum Gasteiger partial charge on any atom is -0.378 e. The largest absolute Gasteiger partial charge is 0.378 e. The van der Waals surface area contributed by atoms with Gasteiger partial charge in [-0.3, -0.25) is 0 Å². The third-order valence-electron chi connectivity index (χ3n) is 2.98. The molecule has 1 aliphatic carbocycles. The standard InChI is InChI=1S/C12H18ClN3O/c1-17-8-10-7-11(13)16-12(15-10)14-9-5-3-2-4-6-9/h7,9H,2-6,8H2,1H3,(H,14,15,16). The molecule has 1 heterocycles. The Balaban J connectivity index is 2.03. The van der Waals surface area contributed by atoms with Crippen LogP contribution in [0, 0.1) is 0 Å². The zero-order chi connectivity index (χ0) is 12.1. The molecule has 0 radical (unpaired) electrons. The molecule has 1 saturated carbocycles. The SMILES string of the molecule is COCc1cc(Cl)nc(NC2CCCCC2)n1. The molecule has 0 aromatic carbocycles. The maximum Gasteiger partial charge on any atom is 0.224 e. The predicted molar refractivity (Wildman–Crippen MR) is 68.3 cm³/mol. The highest BCUT2D eigenvalue weighted by Crippen LogP contribution is 2.21. The maximum atomic E-state index is 5.96. The molecule has 0 unspecified atom stereocenters. The molecule has 0 atom stereocenters. The minimum atomic E-state index is 0.460. The first-order valence-corrected chi connectivity index (χ1v) is 6.44. The number of anilines is 1. The summed E-state index contributed by atoms with van der Waals surface area (Å²) in [5, 5.41) is 3.82. The van der Waals surface area contributed by atoms with Gasteiger partial charge in [0.25, 0.3) is 0 Å². The van der Waals surface area contributed by atoms with Gasteiger partial charge in [-0.1, -0.05) is 30.9 Å². The van der Waals surface area contributed by atoms with Crippen molar-refractivity contribution in [1.82, 2.24) is 9.97 Å². The second-order valence-electron chi connectivity index (χ2n) is 4.42. The maximum absolute atomic E-state index is 5.96. The van der Waals surface area contributed by atoms with Gasteiger partial charge in [-0.25, -0.2) is 9.97 Å². The van der Waals surface area contributed by atoms with Crippen molar-refractivity contribution in [2.45, 2.75) is 44.8 Å². The van der Waals surface area contributed by atoms with Crippen molar-refractivity contribution in [3.63, 3.8) is 0 Å². The summed E-state index contributed by atoms with van der Waals surface area (Å²) in [6, 6.07) is 2.22. The lowest BCUT2D eigenvalue weighted by molar-refractivity contribution is 0.181. The fourth-order valence-electron chi connectivity index (χ4n) is 2.18. The van der Waals surface area contributed by atoms with Crippen LogP contribution in [0.1, 0.15) is 37.8 Å². The number of methoxy groups -OCH3 is 1. The van der Waals surface area contributed by atoms with Crippen molar-refractivity contribution in [2.75, 3.05) is 12.4 Å². The van der Waals surface area contributed by atoms with Crippen LogP contribution < -0.4 is 5.32 Å². The van der Waals surface area contributed by atoms with Crippen LogP contribution in [-0.4, -0.2) is 23.1 Å². The van der Waals surface area contributed by atoms with Gasteiger partial charge in [0.05, 0.1) is 12.3 Å². The number of ether oxygens (including phenoxy) is 1. The van der Waals surface area contributed by atoms with Crippen molar-refractivity contribution < 1.29 is 4.74 Å². The van der Waals surface area contributed by atoms with Crippen molar-refractivity contribution in [2.24, 2.45) is 0 Å². The highest BCUT2D eigenvalue weighted by molar-refractivity contribution is 6.29. The van der Waals surface area contributed by atoms with Gasteiger partial charge >= 0.3 is 0 Å². The average Bonchev–Trinajstić information content (AvgIpc) is 2.30. The fraction of sp³-hybridized carbons (Fsp3) is 0.667. The van der Waals surface area contributed by atoms with E-state index < -0.39 is 0 Å². The van der Waals surface area contributed by atoms with Gasteiger partial charge in [-0.15, -0.1) is 0 Å². The number of aromatic nitrogens is 2. The summed E-state index contributed by atoms with van der Waals surface area (Å²) in [5.74, 6) is 0.622. The molecule has 1 aromatic rings. The molecule has 1 aromatic heterocycles. The van der Waals surface area contributed by atoms with Crippen LogP contribution in [0.15, 0.2) is 6.07 Å². The molecule has 5 heteroatoms. The van der Waals surface area contributed by atoms with Crippen molar-refractivity contribution in [1.29, 1.82) is 0 Å². The molecular formula is C12H18ClN3O. The molecule has 1 N–H and O–H groups in total. The second kappa shape index (κ2) is 6.17. The number of rotatable bonds is 4. The third kappa shape index (κ3) is 3.82. The summed E-state index contributed by atoms with van der Waals surface area (Å²) in [4.78, 5) is 8.58. The van der Waals surface area contributed by atoms with Crippen LogP contribution in [0.5, 0.6) is 0 Å². The van der Waals surface area contributed by atoms with E-state index in [1.165, 1.54) is 32.1 Å². The van der Waals surface area contributed by atoms with Gasteiger partial charge in [0, 0.05) is 13.2 Å². The number of hydrogen-bond acceptors (Lipinski definition) is 4. The van der Waals surface area contributed by atoms with Crippen LogP contribution in [-0.2, 0) is 11.3 Å². The second-order valence-corrected chi connectivity index (χ2v) is 4.81. The molecule has 4 nitrogen and oxygen atoms in total. The molecule has 0 amide bonds. The van der Waals surface area contributed by atoms with E-state index in [1.54, 1.807) is 13.2 Å². The topological polar surface area (TPSA) is 47.0 Å². The number of nitrogens with one attached hydrogen (secondary N) is 1. The van der Waals surface area contributed by atoms with Crippen LogP contribution in [0.3, 0.4) is 0 Å². The molecule has 2 rings (SSSR count). The van der Waals surface area contributed by atoms with E-state index in [0.29, 0.717) is 23.8 Å². The van der Waals surface area contributed by atoms with Crippen molar-refractivity contribution >= 4 is 17.5 Å². The minimum absolute atomic E-state index is 0.460. The molecule has 94 valence electrons. The lowest BCUT2D eigenvalue weighted by Gasteiger charge is -2.22. The van der Waals surface area contributed by atoms with Crippen LogP contribution in [0.4, 0.5) is 5.95 Å². The zero-order valence-corrected chi connectivity index (χ0v) is 10.8. The van der Waals surface area contributed by atoms with E-state index in [4.69, 9.17) is 16.3 Å². The number of halogens is 1. The summed E-state index contributed by atoms with van der Waals surface area (Å²) in [6.07, 6.45) is 6.28. The summed E-state index contributed by atoms with van der Waals surface area (Å²) in [5.41, 5.74) is 0.811. The molecule has 0 aliphatic heterocycles. The molecule has 1 fully saturated rings. The number of hydrogen-bond donors (Lipinski definition) is 1. The van der Waals surface area contributed by atoms with Crippen molar-refractivity contribution in [3.05, 3.63) is 16.9 Å². The number of nitrogens with zero attached hydrogens (tertiary/aromatic N) is 2. The van der Waals surface area contributed by atoms with Gasteiger partial charge in [-0.05, 0) is 18.9 Å². The first-order chi connectivity index (χ1) is 8.28. The lowest BCUT2D eigenvalue weighted by Crippen LogP contribution is -2.23. The lowest BCUT2D eigenvalue weighted by atomic mass is 9.96. The smallest absolute Gasteiger partial charge is 0.224 e. The first kappa shape index (κ1) is 12.6. The summed E-state index contributed by atoms with van der Waals surface area (Å²) >= 11 is 5.96. The van der Waals surface area contributed by atoms with Gasteiger partial charge in [-0.2, -0.15) is 0 Å². The van der Waals surface area contributed by atoms with Crippen LogP contribution in [0.2, 0.25) is 5.15 Å². The highest BCUT2D eigenvalue weighted by atomic mass is 35.5. The fourth-order valence-corrected chi connectivity index (χ4v) is 2.39. The van der Waals surface area contributed by atoms with E-state index in [9.17, 15) is 0 Å². The molecule has 1 aliphatic rings. The molecular weight excluding hydrogens is 238 g/mol. The Kier molecular flexibility index (Phi) is 4.57. The summed E-state index contributed by atoms with van der Waals surface area (Å²) < 4.78 is 5.05. The van der Waals surface area contributed by atoms with Gasteiger partial charge in [0.15, 0.2) is 0 Å². The average molecular weight is 256 g/mol. The van der Waals surface area contributed by atoms with E-state index in [0.717, 1.165) is 5.69 Å². The Morgan fingerprint density at radius 3 is 2.82 bits per heavy atom. The molecule has 17 heavy (non-hydrogen) atoms. The summed E-state index contributed by atoms with van der Waals surface area (Å²) in [6.45, 7) is 0.460. The normalized spacial score (nSPS) is 17.1. The van der Waals surface area contributed by atoms with Gasteiger partial charge in [0.1, 0.15) is 5.15 Å². The van der Waals surface area contributed by atoms with E-state index in [-0.39, 0.29) is 0 Å². The molecule has 0 bridgehead atoms. The summed E-state index contributed by atoms with van der Waals surface area (Å²) in [7, 11) is 1.64. The Hall–Kier alpha value is -0.870. The molecule has 0 saturated heterocycles. The quantitative estimate of drug-likeness (QED) is 0.841. The van der Waals surface area contributed by atoms with Crippen LogP contribution >= 0.6 is 11.6 Å². The van der Waals surface area contributed by atoms with E-state index in [2.05, 4.69) is 15.3 Å². The Labute approximate surface area is 107 Å². The van der Waals surface area contributed by atoms with Gasteiger partial charge in [0.2, 0.25) is 5.95 Å². The van der Waals surface area contributed by atoms with E-state index in [1.807, 2.05) is 0 Å². The van der Waals surface area contributed by atoms with Crippen LogP contribution in [0.25, 0.3) is 0 Å². The van der Waals surface area contributed by atoms with Gasteiger partial charge < -0.3 is 10.1 Å². The third-order valence-corrected chi connectivity index (χ3v) is 3.17. The highest BCUT2D eigenvalue weighted by Gasteiger charge is 2.14. The predicted octanol–water partition coefficient (Wildman–Crippen LogP) is 3.02. The zero-order valence-electron chi connectivity index (χ0n) is 10.1.